The second-order valence-corrected chi connectivity index (χ2v) is 16.1. The van der Waals surface area contributed by atoms with Gasteiger partial charge >= 0.3 is 0 Å². The molecule has 13 heteroatoms. The number of hydrogen-bond donors (Lipinski definition) is 2. The lowest BCUT2D eigenvalue weighted by molar-refractivity contribution is -0.141. The zero-order valence-electron chi connectivity index (χ0n) is 26.7. The molecule has 242 valence electrons. The van der Waals surface area contributed by atoms with Gasteiger partial charge in [-0.25, -0.2) is 13.1 Å². The lowest BCUT2D eigenvalue weighted by Crippen LogP contribution is -2.44. The summed E-state index contributed by atoms with van der Waals surface area (Å²) in [7, 11) is -2.94. The van der Waals surface area contributed by atoms with Crippen molar-refractivity contribution in [1.29, 1.82) is 0 Å². The van der Waals surface area contributed by atoms with E-state index in [2.05, 4.69) is 20.5 Å². The lowest BCUT2D eigenvalue weighted by atomic mass is 9.93. The number of rotatable bonds is 12. The van der Waals surface area contributed by atoms with Crippen LogP contribution in [-0.4, -0.2) is 114 Å². The topological polar surface area (TPSA) is 145 Å². The van der Waals surface area contributed by atoms with Crippen molar-refractivity contribution in [3.05, 3.63) is 11.9 Å². The van der Waals surface area contributed by atoms with Gasteiger partial charge in [0.15, 0.2) is 9.84 Å². The van der Waals surface area contributed by atoms with Gasteiger partial charge in [0.05, 0.1) is 78.1 Å². The number of nitrogens with zero attached hydrogens (tertiary/aromatic N) is 4. The summed E-state index contributed by atoms with van der Waals surface area (Å²) in [6.07, 6.45) is 1.06. The Labute approximate surface area is 251 Å². The minimum Gasteiger partial charge on any atom is -0.390 e. The summed E-state index contributed by atoms with van der Waals surface area (Å²) in [6.45, 7) is 18.5. The molecule has 0 saturated carbocycles. The normalized spacial score (nSPS) is 26.6. The third-order valence-electron chi connectivity index (χ3n) is 7.86. The largest absolute Gasteiger partial charge is 0.390 e. The Hall–Kier alpha value is -1.64. The number of aliphatic hydroxyl groups excluding tert-OH is 1. The standard InChI is InChI=1S/C29H53N5O7S/c1-20(2)26-24(35)15-25(41-28(4,5)6)23(18-39-26)27(36)30-10-9-21(3)40-19-29(7,8)34-22(16-31-32-34)17-33-11-13-42(37,38)14-12-33/h16,20-21,23-26,35H,9-15,17-19H2,1-8H3,(H,30,36)/t21?,23?,24-,25-,26-/m0/s1. The van der Waals surface area contributed by atoms with E-state index in [9.17, 15) is 18.3 Å². The maximum Gasteiger partial charge on any atom is 0.228 e. The maximum atomic E-state index is 13.3. The van der Waals surface area contributed by atoms with Crippen LogP contribution in [0.4, 0.5) is 0 Å². The van der Waals surface area contributed by atoms with Crippen molar-refractivity contribution < 1.29 is 32.5 Å². The number of carbonyl (C=O) groups is 1. The molecule has 2 unspecified atom stereocenters. The monoisotopic (exact) mass is 615 g/mol. The van der Waals surface area contributed by atoms with E-state index in [-0.39, 0.29) is 42.1 Å². The molecule has 3 heterocycles. The maximum absolute atomic E-state index is 13.3. The molecule has 1 amide bonds. The van der Waals surface area contributed by atoms with E-state index in [0.29, 0.717) is 45.6 Å². The molecule has 1 aromatic rings. The zero-order chi connectivity index (χ0) is 31.3. The SMILES string of the molecule is CC(CCNC(=O)C1CO[C@@H](C(C)C)[C@@H](O)C[C@@H]1OC(C)(C)C)OCC(C)(C)n1nncc1CN1CCS(=O)(=O)CC1. The van der Waals surface area contributed by atoms with Crippen molar-refractivity contribution in [3.63, 3.8) is 0 Å². The Kier molecular flexibility index (Phi) is 12.0. The highest BCUT2D eigenvalue weighted by molar-refractivity contribution is 7.91. The fourth-order valence-electron chi connectivity index (χ4n) is 5.47. The first-order valence-corrected chi connectivity index (χ1v) is 17.0. The summed E-state index contributed by atoms with van der Waals surface area (Å²) in [6, 6.07) is 0. The molecule has 0 bridgehead atoms. The highest BCUT2D eigenvalue weighted by Gasteiger charge is 2.40. The van der Waals surface area contributed by atoms with E-state index < -0.39 is 39.1 Å². The number of nitrogens with one attached hydrogen (secondary N) is 1. The van der Waals surface area contributed by atoms with E-state index in [0.717, 1.165) is 5.69 Å². The number of ether oxygens (including phenoxy) is 3. The van der Waals surface area contributed by atoms with Gasteiger partial charge in [-0.1, -0.05) is 19.1 Å². The van der Waals surface area contributed by atoms with Crippen LogP contribution in [-0.2, 0) is 40.9 Å². The molecule has 1 aromatic heterocycles. The van der Waals surface area contributed by atoms with Crippen LogP contribution in [0.1, 0.15) is 73.9 Å². The summed E-state index contributed by atoms with van der Waals surface area (Å²) in [4.78, 5) is 15.4. The first-order valence-electron chi connectivity index (χ1n) is 15.2. The van der Waals surface area contributed by atoms with Crippen LogP contribution in [0, 0.1) is 11.8 Å². The van der Waals surface area contributed by atoms with Gasteiger partial charge in [0.25, 0.3) is 0 Å². The van der Waals surface area contributed by atoms with Gasteiger partial charge in [0.2, 0.25) is 5.91 Å². The van der Waals surface area contributed by atoms with Crippen LogP contribution in [0.5, 0.6) is 0 Å². The summed E-state index contributed by atoms with van der Waals surface area (Å²) in [5, 5.41) is 22.2. The molecular formula is C29H53N5O7S. The number of amides is 1. The van der Waals surface area contributed by atoms with Gasteiger partial charge in [0.1, 0.15) is 0 Å². The molecule has 2 fully saturated rings. The van der Waals surface area contributed by atoms with E-state index >= 15 is 0 Å². The summed E-state index contributed by atoms with van der Waals surface area (Å²) >= 11 is 0. The molecule has 42 heavy (non-hydrogen) atoms. The zero-order valence-corrected chi connectivity index (χ0v) is 27.5. The molecule has 0 spiro atoms. The van der Waals surface area contributed by atoms with Crippen LogP contribution < -0.4 is 5.32 Å². The Morgan fingerprint density at radius 1 is 1.19 bits per heavy atom. The number of carbonyl (C=O) groups excluding carboxylic acids is 1. The van der Waals surface area contributed by atoms with Crippen molar-refractivity contribution in [2.75, 3.05) is 44.4 Å². The number of sulfone groups is 1. The van der Waals surface area contributed by atoms with Crippen molar-refractivity contribution in [1.82, 2.24) is 25.2 Å². The second-order valence-electron chi connectivity index (χ2n) is 13.8. The average molecular weight is 616 g/mol. The van der Waals surface area contributed by atoms with Crippen LogP contribution in [0.15, 0.2) is 6.20 Å². The number of aromatic nitrogens is 3. The molecule has 5 atom stereocenters. The van der Waals surface area contributed by atoms with Crippen LogP contribution in [0.25, 0.3) is 0 Å². The summed E-state index contributed by atoms with van der Waals surface area (Å²) in [5.41, 5.74) is -0.0345. The molecule has 0 aliphatic carbocycles. The molecule has 3 rings (SSSR count). The van der Waals surface area contributed by atoms with Crippen LogP contribution in [0.3, 0.4) is 0 Å². The van der Waals surface area contributed by atoms with Gasteiger partial charge in [-0.2, -0.15) is 0 Å². The van der Waals surface area contributed by atoms with Gasteiger partial charge in [0, 0.05) is 32.6 Å². The first-order chi connectivity index (χ1) is 19.5. The molecule has 2 aliphatic rings. The predicted octanol–water partition coefficient (Wildman–Crippen LogP) is 1.76. The van der Waals surface area contributed by atoms with E-state index in [4.69, 9.17) is 14.2 Å². The Bertz CT molecular complexity index is 1100. The first kappa shape index (κ1) is 34.8. The fraction of sp³-hybridized carbons (Fsp3) is 0.897. The average Bonchev–Trinajstić information content (AvgIpc) is 3.28. The predicted molar refractivity (Wildman–Crippen MR) is 160 cm³/mol. The van der Waals surface area contributed by atoms with Crippen molar-refractivity contribution in [2.24, 2.45) is 11.8 Å². The molecule has 2 saturated heterocycles. The van der Waals surface area contributed by atoms with Crippen molar-refractivity contribution in [3.8, 4) is 0 Å². The summed E-state index contributed by atoms with van der Waals surface area (Å²) in [5.74, 6) is -0.201. The Balaban J connectivity index is 1.50. The minimum atomic E-state index is -2.94. The lowest BCUT2D eigenvalue weighted by Gasteiger charge is -2.32. The van der Waals surface area contributed by atoms with Crippen LogP contribution >= 0.6 is 0 Å². The number of hydrogen-bond acceptors (Lipinski definition) is 10. The number of aliphatic hydroxyl groups is 1. The van der Waals surface area contributed by atoms with E-state index in [1.54, 1.807) is 6.20 Å². The van der Waals surface area contributed by atoms with Crippen molar-refractivity contribution >= 4 is 15.7 Å². The quantitative estimate of drug-likeness (QED) is 0.357. The third kappa shape index (κ3) is 10.2. The molecule has 0 radical (unpaired) electrons. The van der Waals surface area contributed by atoms with Gasteiger partial charge in [-0.05, 0) is 53.9 Å². The van der Waals surface area contributed by atoms with Gasteiger partial charge < -0.3 is 24.6 Å². The third-order valence-corrected chi connectivity index (χ3v) is 9.47. The molecule has 2 aliphatic heterocycles. The van der Waals surface area contributed by atoms with Crippen molar-refractivity contribution in [2.45, 2.75) is 110 Å². The Morgan fingerprint density at radius 3 is 2.48 bits per heavy atom. The molecule has 2 N–H and O–H groups in total. The molecule has 12 nitrogen and oxygen atoms in total. The highest BCUT2D eigenvalue weighted by Crippen LogP contribution is 2.29. The highest BCUT2D eigenvalue weighted by atomic mass is 32.2. The molecule has 0 aromatic carbocycles. The fourth-order valence-corrected chi connectivity index (χ4v) is 6.74. The Morgan fingerprint density at radius 2 is 1.86 bits per heavy atom. The van der Waals surface area contributed by atoms with Gasteiger partial charge in [-0.3, -0.25) is 9.69 Å². The summed E-state index contributed by atoms with van der Waals surface area (Å²) < 4.78 is 43.8. The van der Waals surface area contributed by atoms with E-state index in [1.165, 1.54) is 0 Å². The second kappa shape index (κ2) is 14.4. The smallest absolute Gasteiger partial charge is 0.228 e. The molecular weight excluding hydrogens is 562 g/mol. The van der Waals surface area contributed by atoms with Crippen LogP contribution in [0.2, 0.25) is 0 Å². The van der Waals surface area contributed by atoms with Gasteiger partial charge in [-0.15, -0.1) is 5.10 Å². The van der Waals surface area contributed by atoms with E-state index in [1.807, 2.05) is 60.1 Å². The minimum absolute atomic E-state index is 0.122.